The first-order valence-electron chi connectivity index (χ1n) is 10.7. The maximum atomic E-state index is 15.3. The molecule has 5 heterocycles. The second-order valence-corrected chi connectivity index (χ2v) is 8.29. The van der Waals surface area contributed by atoms with Crippen molar-refractivity contribution in [3.05, 3.63) is 53.4 Å². The van der Waals surface area contributed by atoms with Crippen molar-refractivity contribution in [2.45, 2.75) is 19.4 Å². The van der Waals surface area contributed by atoms with Crippen molar-refractivity contribution in [3.8, 4) is 0 Å². The number of hydrogen-bond donors (Lipinski definition) is 2. The van der Waals surface area contributed by atoms with Gasteiger partial charge in [-0.3, -0.25) is 14.5 Å². The summed E-state index contributed by atoms with van der Waals surface area (Å²) in [5.74, 6) is -2.29. The number of carbonyl (C=O) groups excluding carboxylic acids is 2. The van der Waals surface area contributed by atoms with Crippen LogP contribution in [0.5, 0.6) is 0 Å². The fraction of sp³-hybridized carbons (Fsp3) is 0.364. The van der Waals surface area contributed by atoms with Gasteiger partial charge in [-0.15, -0.1) is 0 Å². The second kappa shape index (κ2) is 8.07. The number of nitrogens with zero attached hydrogens (tertiary/aromatic N) is 5. The Morgan fingerprint density at radius 2 is 2.00 bits per heavy atom. The highest BCUT2D eigenvalue weighted by Crippen LogP contribution is 2.35. The van der Waals surface area contributed by atoms with E-state index in [1.54, 1.807) is 29.9 Å². The van der Waals surface area contributed by atoms with Crippen molar-refractivity contribution >= 4 is 28.7 Å². The van der Waals surface area contributed by atoms with Crippen LogP contribution in [0.25, 0.3) is 5.52 Å². The lowest BCUT2D eigenvalue weighted by atomic mass is 10.0. The molecule has 2 N–H and O–H groups in total. The summed E-state index contributed by atoms with van der Waals surface area (Å²) in [6.45, 7) is 4.31. The summed E-state index contributed by atoms with van der Waals surface area (Å²) in [6, 6.07) is 3.05. The van der Waals surface area contributed by atoms with Gasteiger partial charge in [0.2, 0.25) is 11.9 Å². The van der Waals surface area contributed by atoms with Gasteiger partial charge in [-0.05, 0) is 19.1 Å². The molecule has 0 aliphatic carbocycles. The third-order valence-electron chi connectivity index (χ3n) is 6.30. The topological polar surface area (TPSA) is 94.9 Å². The average molecular weight is 455 g/mol. The molecule has 172 valence electrons. The molecule has 5 rings (SSSR count). The number of amides is 2. The molecular formula is C22H23F2N7O2. The highest BCUT2D eigenvalue weighted by Gasteiger charge is 2.31. The second-order valence-electron chi connectivity index (χ2n) is 8.29. The van der Waals surface area contributed by atoms with E-state index >= 15 is 4.39 Å². The third kappa shape index (κ3) is 3.58. The summed E-state index contributed by atoms with van der Waals surface area (Å²) in [5.41, 5.74) is 2.15. The summed E-state index contributed by atoms with van der Waals surface area (Å²) in [5, 5.41) is 5.10. The van der Waals surface area contributed by atoms with E-state index in [0.717, 1.165) is 0 Å². The molecule has 3 aromatic heterocycles. The van der Waals surface area contributed by atoms with Crippen LogP contribution in [0.1, 0.15) is 34.6 Å². The number of nitrogens with one attached hydrogen (secondary N) is 2. The van der Waals surface area contributed by atoms with Crippen molar-refractivity contribution in [1.82, 2.24) is 24.6 Å². The number of imidazole rings is 1. The summed E-state index contributed by atoms with van der Waals surface area (Å²) in [7, 11) is 1.46. The van der Waals surface area contributed by atoms with Crippen LogP contribution < -0.4 is 15.5 Å². The van der Waals surface area contributed by atoms with Gasteiger partial charge in [-0.25, -0.2) is 14.4 Å². The van der Waals surface area contributed by atoms with Crippen molar-refractivity contribution < 1.29 is 18.4 Å². The van der Waals surface area contributed by atoms with Gasteiger partial charge in [-0.2, -0.15) is 4.39 Å². The zero-order valence-corrected chi connectivity index (χ0v) is 18.2. The standard InChI is InChI=1S/C22H23F2N7O2/c1-12-17-19-18(28-21(12)32)16(23)13(10-31(19)11-26-17)9-29-5-7-30(8-6-29)15-4-3-14(22(33)25-2)27-20(15)24/h3-4,10-12H,5-9H2,1-2H3,(H,25,33)(H,28,32)/t12-/m1/s1. The van der Waals surface area contributed by atoms with Crippen molar-refractivity contribution in [3.63, 3.8) is 0 Å². The molecule has 9 nitrogen and oxygen atoms in total. The fourth-order valence-electron chi connectivity index (χ4n) is 4.42. The van der Waals surface area contributed by atoms with Crippen LogP contribution in [-0.4, -0.2) is 64.3 Å². The predicted molar refractivity (Wildman–Crippen MR) is 117 cm³/mol. The maximum absolute atomic E-state index is 15.3. The molecule has 33 heavy (non-hydrogen) atoms. The zero-order valence-electron chi connectivity index (χ0n) is 18.2. The van der Waals surface area contributed by atoms with E-state index in [2.05, 4.69) is 25.5 Å². The van der Waals surface area contributed by atoms with Crippen molar-refractivity contribution in [1.29, 1.82) is 0 Å². The summed E-state index contributed by atoms with van der Waals surface area (Å²) in [4.78, 5) is 35.9. The van der Waals surface area contributed by atoms with Gasteiger partial charge in [0.15, 0.2) is 5.82 Å². The van der Waals surface area contributed by atoms with Gasteiger partial charge in [0.25, 0.3) is 5.91 Å². The summed E-state index contributed by atoms with van der Waals surface area (Å²) >= 11 is 0. The molecule has 2 aliphatic heterocycles. The molecule has 0 unspecified atom stereocenters. The smallest absolute Gasteiger partial charge is 0.269 e. The number of aromatic nitrogens is 3. The first kappa shape index (κ1) is 21.3. The Hall–Kier alpha value is -3.60. The highest BCUT2D eigenvalue weighted by molar-refractivity contribution is 6.04. The van der Waals surface area contributed by atoms with E-state index in [1.807, 2.05) is 4.90 Å². The monoisotopic (exact) mass is 455 g/mol. The van der Waals surface area contributed by atoms with Crippen LogP contribution in [0.3, 0.4) is 0 Å². The highest BCUT2D eigenvalue weighted by atomic mass is 19.1. The van der Waals surface area contributed by atoms with E-state index in [9.17, 15) is 14.0 Å². The molecule has 1 atom stereocenters. The maximum Gasteiger partial charge on any atom is 0.269 e. The quantitative estimate of drug-likeness (QED) is 0.582. The van der Waals surface area contributed by atoms with Gasteiger partial charge in [0.1, 0.15) is 11.4 Å². The minimum absolute atomic E-state index is 0.0244. The van der Waals surface area contributed by atoms with E-state index in [4.69, 9.17) is 0 Å². The van der Waals surface area contributed by atoms with Crippen molar-refractivity contribution in [2.75, 3.05) is 43.4 Å². The van der Waals surface area contributed by atoms with E-state index < -0.39 is 23.6 Å². The van der Waals surface area contributed by atoms with Gasteiger partial charge in [-0.1, -0.05) is 0 Å². The Labute approximate surface area is 188 Å². The Kier molecular flexibility index (Phi) is 5.20. The van der Waals surface area contributed by atoms with Crippen LogP contribution in [0.15, 0.2) is 24.7 Å². The molecule has 0 saturated carbocycles. The van der Waals surface area contributed by atoms with E-state index in [-0.39, 0.29) is 17.3 Å². The molecule has 1 saturated heterocycles. The largest absolute Gasteiger partial charge is 0.365 e. The van der Waals surface area contributed by atoms with Crippen molar-refractivity contribution in [2.24, 2.45) is 0 Å². The number of piperazine rings is 1. The van der Waals surface area contributed by atoms with Crippen LogP contribution in [0, 0.1) is 11.8 Å². The molecule has 2 amide bonds. The molecule has 0 radical (unpaired) electrons. The molecule has 0 spiro atoms. The molecule has 2 aliphatic rings. The minimum atomic E-state index is -0.693. The Balaban J connectivity index is 1.31. The number of hydrogen-bond acceptors (Lipinski definition) is 6. The molecular weight excluding hydrogens is 432 g/mol. The molecule has 0 aromatic carbocycles. The van der Waals surface area contributed by atoms with Crippen LogP contribution in [0.4, 0.5) is 20.2 Å². The fourth-order valence-corrected chi connectivity index (χ4v) is 4.42. The molecule has 11 heteroatoms. The SMILES string of the molecule is CNC(=O)c1ccc(N2CCN(Cc3cn4cnc5c4c(c3F)NC(=O)[C@@H]5C)CC2)c(F)n1. The third-order valence-corrected chi connectivity index (χ3v) is 6.30. The lowest BCUT2D eigenvalue weighted by Crippen LogP contribution is -2.46. The van der Waals surface area contributed by atoms with Crippen LogP contribution >= 0.6 is 0 Å². The van der Waals surface area contributed by atoms with E-state index in [1.165, 1.54) is 13.1 Å². The lowest BCUT2D eigenvalue weighted by Gasteiger charge is -2.36. The predicted octanol–water partition coefficient (Wildman–Crippen LogP) is 1.74. The molecule has 3 aromatic rings. The minimum Gasteiger partial charge on any atom is -0.365 e. The van der Waals surface area contributed by atoms with Crippen LogP contribution in [-0.2, 0) is 11.3 Å². The number of rotatable bonds is 4. The number of carbonyl (C=O) groups is 2. The van der Waals surface area contributed by atoms with Crippen LogP contribution in [0.2, 0.25) is 0 Å². The Bertz CT molecular complexity index is 1270. The molecule has 0 bridgehead atoms. The first-order chi connectivity index (χ1) is 15.9. The average Bonchev–Trinajstić information content (AvgIpc) is 3.24. The Morgan fingerprint density at radius 1 is 1.24 bits per heavy atom. The summed E-state index contributed by atoms with van der Waals surface area (Å²) in [6.07, 6.45) is 3.31. The first-order valence-corrected chi connectivity index (χ1v) is 10.7. The normalized spacial score (nSPS) is 18.5. The molecule has 1 fully saturated rings. The van der Waals surface area contributed by atoms with E-state index in [0.29, 0.717) is 55.2 Å². The van der Waals surface area contributed by atoms with Gasteiger partial charge >= 0.3 is 0 Å². The lowest BCUT2D eigenvalue weighted by molar-refractivity contribution is -0.117. The number of halogens is 2. The number of anilines is 2. The summed E-state index contributed by atoms with van der Waals surface area (Å²) < 4.78 is 31.5. The number of pyridine rings is 2. The zero-order chi connectivity index (χ0) is 23.3. The van der Waals surface area contributed by atoms with Gasteiger partial charge < -0.3 is 19.9 Å². The van der Waals surface area contributed by atoms with Gasteiger partial charge in [0, 0.05) is 51.5 Å². The Morgan fingerprint density at radius 3 is 2.70 bits per heavy atom. The van der Waals surface area contributed by atoms with Gasteiger partial charge in [0.05, 0.1) is 29.1 Å².